The SMILES string of the molecule is CC(C)CCC[C@@H](C)COS(=O)(=O)[O-].[Na+]. The summed E-state index contributed by atoms with van der Waals surface area (Å²) in [6.07, 6.45) is 3.06. The van der Waals surface area contributed by atoms with Crippen LogP contribution in [0.15, 0.2) is 0 Å². The first-order chi connectivity index (χ1) is 6.31. The Morgan fingerprint density at radius 2 is 1.73 bits per heavy atom. The molecule has 0 radical (unpaired) electrons. The molecule has 0 heterocycles. The van der Waals surface area contributed by atoms with Gasteiger partial charge in [0.05, 0.1) is 6.61 Å². The smallest absolute Gasteiger partial charge is 0.726 e. The summed E-state index contributed by atoms with van der Waals surface area (Å²) in [7, 11) is -4.51. The first-order valence-corrected chi connectivity index (χ1v) is 6.25. The largest absolute Gasteiger partial charge is 1.00 e. The molecule has 0 aliphatic carbocycles. The third-order valence-electron chi connectivity index (χ3n) is 1.98. The summed E-state index contributed by atoms with van der Waals surface area (Å²) in [4.78, 5) is 0. The summed E-state index contributed by atoms with van der Waals surface area (Å²) in [5.41, 5.74) is 0. The van der Waals surface area contributed by atoms with Crippen LogP contribution in [0, 0.1) is 11.8 Å². The summed E-state index contributed by atoms with van der Waals surface area (Å²) < 4.78 is 34.6. The van der Waals surface area contributed by atoms with Crippen molar-refractivity contribution < 1.29 is 46.7 Å². The minimum Gasteiger partial charge on any atom is -0.726 e. The van der Waals surface area contributed by atoms with Crippen LogP contribution in [-0.2, 0) is 14.6 Å². The van der Waals surface area contributed by atoms with Crippen LogP contribution in [0.4, 0.5) is 0 Å². The van der Waals surface area contributed by atoms with E-state index >= 15 is 0 Å². The van der Waals surface area contributed by atoms with Crippen molar-refractivity contribution in [3.63, 3.8) is 0 Å². The van der Waals surface area contributed by atoms with E-state index in [0.717, 1.165) is 19.3 Å². The summed E-state index contributed by atoms with van der Waals surface area (Å²) in [6, 6.07) is 0. The van der Waals surface area contributed by atoms with Gasteiger partial charge in [0.15, 0.2) is 0 Å². The quantitative estimate of drug-likeness (QED) is 0.326. The van der Waals surface area contributed by atoms with Crippen molar-refractivity contribution in [3.8, 4) is 0 Å². The van der Waals surface area contributed by atoms with Gasteiger partial charge in [0.1, 0.15) is 0 Å². The van der Waals surface area contributed by atoms with Crippen molar-refractivity contribution in [2.24, 2.45) is 11.8 Å². The zero-order valence-electron chi connectivity index (χ0n) is 10.0. The van der Waals surface area contributed by atoms with E-state index in [-0.39, 0.29) is 42.1 Å². The van der Waals surface area contributed by atoms with E-state index < -0.39 is 10.4 Å². The predicted octanol–water partition coefficient (Wildman–Crippen LogP) is -1.07. The van der Waals surface area contributed by atoms with Gasteiger partial charge in [0.25, 0.3) is 0 Å². The molecule has 0 aromatic carbocycles. The minimum atomic E-state index is -4.51. The topological polar surface area (TPSA) is 66.4 Å². The summed E-state index contributed by atoms with van der Waals surface area (Å²) in [6.45, 7) is 6.17. The van der Waals surface area contributed by atoms with E-state index in [0.29, 0.717) is 5.92 Å². The van der Waals surface area contributed by atoms with Crippen LogP contribution in [0.5, 0.6) is 0 Å². The molecule has 0 saturated heterocycles. The summed E-state index contributed by atoms with van der Waals surface area (Å²) >= 11 is 0. The molecule has 1 atom stereocenters. The second-order valence-electron chi connectivity index (χ2n) is 4.12. The van der Waals surface area contributed by atoms with Gasteiger partial charge in [-0.05, 0) is 18.3 Å². The maximum Gasteiger partial charge on any atom is 1.00 e. The van der Waals surface area contributed by atoms with Gasteiger partial charge in [0, 0.05) is 0 Å². The van der Waals surface area contributed by atoms with E-state index in [1.54, 1.807) is 0 Å². The van der Waals surface area contributed by atoms with E-state index in [1.807, 2.05) is 6.92 Å². The monoisotopic (exact) mass is 246 g/mol. The van der Waals surface area contributed by atoms with Crippen molar-refractivity contribution in [1.29, 1.82) is 0 Å². The molecule has 0 aromatic rings. The number of hydrogen-bond donors (Lipinski definition) is 0. The Balaban J connectivity index is 0. The molecule has 6 heteroatoms. The molecule has 0 saturated carbocycles. The second-order valence-corrected chi connectivity index (χ2v) is 5.17. The van der Waals surface area contributed by atoms with Gasteiger partial charge in [-0.1, -0.05) is 33.6 Å². The zero-order chi connectivity index (χ0) is 11.2. The molecular weight excluding hydrogens is 227 g/mol. The van der Waals surface area contributed by atoms with Gasteiger partial charge in [-0.3, -0.25) is 4.18 Å². The van der Waals surface area contributed by atoms with Gasteiger partial charge in [-0.15, -0.1) is 0 Å². The first kappa shape index (κ1) is 18.2. The fourth-order valence-corrected chi connectivity index (χ4v) is 1.56. The molecule has 0 aliphatic rings. The minimum absolute atomic E-state index is 0. The molecule has 0 amide bonds. The second kappa shape index (κ2) is 8.96. The molecule has 0 spiro atoms. The molecule has 0 aromatic heterocycles. The van der Waals surface area contributed by atoms with Crippen LogP contribution in [0.1, 0.15) is 40.0 Å². The molecule has 15 heavy (non-hydrogen) atoms. The van der Waals surface area contributed by atoms with Crippen LogP contribution in [0.2, 0.25) is 0 Å². The van der Waals surface area contributed by atoms with Crippen molar-refractivity contribution in [2.75, 3.05) is 6.61 Å². The summed E-state index contributed by atoms with van der Waals surface area (Å²) in [5.74, 6) is 0.781. The normalized spacial score (nSPS) is 13.7. The first-order valence-electron chi connectivity index (χ1n) is 4.91. The third-order valence-corrected chi connectivity index (χ3v) is 2.40. The van der Waals surface area contributed by atoms with Crippen LogP contribution in [0.25, 0.3) is 0 Å². The number of hydrogen-bond acceptors (Lipinski definition) is 4. The molecular formula is C9H19NaO4S. The Bertz CT molecular complexity index is 238. The molecule has 0 rings (SSSR count). The van der Waals surface area contributed by atoms with Crippen LogP contribution in [-0.4, -0.2) is 19.6 Å². The average Bonchev–Trinajstić information content (AvgIpc) is 1.99. The van der Waals surface area contributed by atoms with E-state index in [9.17, 15) is 13.0 Å². The van der Waals surface area contributed by atoms with E-state index in [4.69, 9.17) is 0 Å². The van der Waals surface area contributed by atoms with E-state index in [1.165, 1.54) is 0 Å². The zero-order valence-corrected chi connectivity index (χ0v) is 12.8. The third kappa shape index (κ3) is 14.9. The molecule has 0 bridgehead atoms. The molecule has 0 N–H and O–H groups in total. The van der Waals surface area contributed by atoms with Crippen molar-refractivity contribution in [2.45, 2.75) is 40.0 Å². The Kier molecular flexibility index (Phi) is 10.9. The Morgan fingerprint density at radius 3 is 2.13 bits per heavy atom. The predicted molar refractivity (Wildman–Crippen MR) is 53.5 cm³/mol. The molecule has 4 nitrogen and oxygen atoms in total. The summed E-state index contributed by atoms with van der Waals surface area (Å²) in [5, 5.41) is 0. The molecule has 0 aliphatic heterocycles. The Hall–Kier alpha value is 0.870. The standard InChI is InChI=1S/C9H20O4S.Na/c1-8(2)5-4-6-9(3)7-13-14(10,11)12;/h8-9H,4-7H2,1-3H3,(H,10,11,12);/q;+1/p-1/t9-;/m1./s1. The Labute approximate surface area is 115 Å². The van der Waals surface area contributed by atoms with Gasteiger partial charge >= 0.3 is 29.6 Å². The van der Waals surface area contributed by atoms with Crippen LogP contribution < -0.4 is 29.6 Å². The maximum atomic E-state index is 10.1. The molecule has 0 unspecified atom stereocenters. The fraction of sp³-hybridized carbons (Fsp3) is 1.00. The maximum absolute atomic E-state index is 10.1. The van der Waals surface area contributed by atoms with Gasteiger partial charge in [0.2, 0.25) is 10.4 Å². The van der Waals surface area contributed by atoms with Crippen LogP contribution in [0.3, 0.4) is 0 Å². The Morgan fingerprint density at radius 1 is 1.20 bits per heavy atom. The number of rotatable bonds is 7. The molecule has 86 valence electrons. The van der Waals surface area contributed by atoms with Gasteiger partial charge < -0.3 is 4.55 Å². The van der Waals surface area contributed by atoms with Crippen molar-refractivity contribution in [1.82, 2.24) is 0 Å². The van der Waals surface area contributed by atoms with Crippen molar-refractivity contribution >= 4 is 10.4 Å². The van der Waals surface area contributed by atoms with Gasteiger partial charge in [-0.2, -0.15) is 0 Å². The van der Waals surface area contributed by atoms with Crippen LogP contribution >= 0.6 is 0 Å². The van der Waals surface area contributed by atoms with Gasteiger partial charge in [-0.25, -0.2) is 8.42 Å². The molecule has 0 fully saturated rings. The van der Waals surface area contributed by atoms with E-state index in [2.05, 4.69) is 18.0 Å². The fourth-order valence-electron chi connectivity index (χ4n) is 1.16. The van der Waals surface area contributed by atoms with Crippen molar-refractivity contribution in [3.05, 3.63) is 0 Å². The average molecular weight is 246 g/mol.